The molecule has 0 aliphatic heterocycles. The molecule has 52 heavy (non-hydrogen) atoms. The molecule has 3 heterocycles. The number of hydrogen-bond acceptors (Lipinski definition) is 3. The molecule has 3 nitrogen and oxygen atoms in total. The fourth-order valence-electron chi connectivity index (χ4n) is 8.43. The number of aromatic nitrogens is 1. The van der Waals surface area contributed by atoms with Crippen LogP contribution < -0.4 is 0 Å². The van der Waals surface area contributed by atoms with E-state index < -0.39 is 0 Å². The topological polar surface area (TPSA) is 39.2 Å². The Labute approximate surface area is 299 Å². The van der Waals surface area contributed by atoms with E-state index >= 15 is 0 Å². The Morgan fingerprint density at radius 2 is 1.04 bits per heavy atom. The molecular weight excluding hydrogens is 635 g/mol. The molecule has 0 fully saturated rings. The number of rotatable bonds is 5. The molecule has 0 aliphatic carbocycles. The van der Waals surface area contributed by atoms with Gasteiger partial charge < -0.3 is 8.83 Å². The molecule has 0 unspecified atom stereocenters. The highest BCUT2D eigenvalue weighted by Crippen LogP contribution is 2.47. The SMILES string of the molecule is CCc1c(-c2ccccc2)nc(-c2ccc3c(c2)c2cccc4oc5cc(-c6ccccc6)cc3c5c42)c2oc3ccc(-c4ccccc4)cc3c12. The number of nitrogens with zero attached hydrogens (tertiary/aromatic N) is 1. The van der Waals surface area contributed by atoms with Gasteiger partial charge in [-0.05, 0) is 92.2 Å². The number of furan rings is 2. The van der Waals surface area contributed by atoms with Gasteiger partial charge in [-0.1, -0.05) is 128 Å². The average Bonchev–Trinajstić information content (AvgIpc) is 3.79. The third kappa shape index (κ3) is 4.23. The highest BCUT2D eigenvalue weighted by Gasteiger charge is 2.24. The van der Waals surface area contributed by atoms with Crippen LogP contribution in [-0.2, 0) is 6.42 Å². The summed E-state index contributed by atoms with van der Waals surface area (Å²) >= 11 is 0. The number of benzene rings is 8. The first-order chi connectivity index (χ1) is 25.7. The normalized spacial score (nSPS) is 12.0. The van der Waals surface area contributed by atoms with Gasteiger partial charge in [0, 0.05) is 32.7 Å². The predicted molar refractivity (Wildman–Crippen MR) is 216 cm³/mol. The lowest BCUT2D eigenvalue weighted by Gasteiger charge is -2.14. The predicted octanol–water partition coefficient (Wildman–Crippen LogP) is 13.9. The quantitative estimate of drug-likeness (QED) is 0.172. The van der Waals surface area contributed by atoms with Gasteiger partial charge in [-0.2, -0.15) is 0 Å². The maximum Gasteiger partial charge on any atom is 0.162 e. The molecule has 3 heteroatoms. The van der Waals surface area contributed by atoms with Crippen LogP contribution in [0.2, 0.25) is 0 Å². The summed E-state index contributed by atoms with van der Waals surface area (Å²) in [7, 11) is 0. The summed E-state index contributed by atoms with van der Waals surface area (Å²) in [6.07, 6.45) is 0.821. The molecule has 244 valence electrons. The second kappa shape index (κ2) is 11.1. The summed E-state index contributed by atoms with van der Waals surface area (Å²) in [5, 5.41) is 9.31. The summed E-state index contributed by atoms with van der Waals surface area (Å²) in [6, 6.07) is 55.9. The van der Waals surface area contributed by atoms with Crippen LogP contribution in [0.25, 0.3) is 110 Å². The minimum Gasteiger partial charge on any atom is -0.456 e. The minimum atomic E-state index is 0.821. The van der Waals surface area contributed by atoms with Crippen molar-refractivity contribution in [3.05, 3.63) is 163 Å². The Kier molecular flexibility index (Phi) is 6.23. The molecule has 0 spiro atoms. The lowest BCUT2D eigenvalue weighted by molar-refractivity contribution is 0.668. The average molecular weight is 666 g/mol. The Morgan fingerprint density at radius 1 is 0.385 bits per heavy atom. The van der Waals surface area contributed by atoms with E-state index in [4.69, 9.17) is 13.8 Å². The second-order valence-corrected chi connectivity index (χ2v) is 13.7. The summed E-state index contributed by atoms with van der Waals surface area (Å²) in [6.45, 7) is 2.22. The number of fused-ring (bicyclic) bond motifs is 6. The summed E-state index contributed by atoms with van der Waals surface area (Å²) in [5.41, 5.74) is 13.3. The number of pyridine rings is 1. The van der Waals surface area contributed by atoms with E-state index in [1.807, 2.05) is 0 Å². The van der Waals surface area contributed by atoms with Gasteiger partial charge in [0.05, 0.1) is 5.69 Å². The first-order valence-corrected chi connectivity index (χ1v) is 17.9. The van der Waals surface area contributed by atoms with Crippen LogP contribution in [0.15, 0.2) is 167 Å². The molecule has 0 saturated carbocycles. The lowest BCUT2D eigenvalue weighted by atomic mass is 9.90. The van der Waals surface area contributed by atoms with E-state index in [-0.39, 0.29) is 0 Å². The first kappa shape index (κ1) is 29.1. The molecule has 0 saturated heterocycles. The van der Waals surface area contributed by atoms with E-state index in [0.717, 1.165) is 67.6 Å². The largest absolute Gasteiger partial charge is 0.456 e. The van der Waals surface area contributed by atoms with Gasteiger partial charge >= 0.3 is 0 Å². The van der Waals surface area contributed by atoms with Gasteiger partial charge in [0.25, 0.3) is 0 Å². The zero-order valence-electron chi connectivity index (χ0n) is 28.5. The minimum absolute atomic E-state index is 0.821. The van der Waals surface area contributed by atoms with Gasteiger partial charge in [-0.15, -0.1) is 0 Å². The van der Waals surface area contributed by atoms with Crippen molar-refractivity contribution < 1.29 is 8.83 Å². The zero-order chi connectivity index (χ0) is 34.3. The Hall–Kier alpha value is -6.71. The van der Waals surface area contributed by atoms with E-state index in [1.54, 1.807) is 0 Å². The van der Waals surface area contributed by atoms with Crippen LogP contribution in [0.5, 0.6) is 0 Å². The molecule has 0 atom stereocenters. The third-order valence-electron chi connectivity index (χ3n) is 10.8. The molecule has 11 aromatic rings. The van der Waals surface area contributed by atoms with Crippen LogP contribution >= 0.6 is 0 Å². The second-order valence-electron chi connectivity index (χ2n) is 13.7. The van der Waals surface area contributed by atoms with Gasteiger partial charge in [0.2, 0.25) is 0 Å². The van der Waals surface area contributed by atoms with Gasteiger partial charge in [-0.3, -0.25) is 0 Å². The molecule has 3 aromatic heterocycles. The monoisotopic (exact) mass is 665 g/mol. The maximum atomic E-state index is 6.84. The van der Waals surface area contributed by atoms with Crippen LogP contribution in [-0.4, -0.2) is 4.98 Å². The van der Waals surface area contributed by atoms with Crippen molar-refractivity contribution in [2.24, 2.45) is 0 Å². The fraction of sp³-hybridized carbons (Fsp3) is 0.0408. The third-order valence-corrected chi connectivity index (χ3v) is 10.8. The molecule has 0 bridgehead atoms. The molecule has 0 radical (unpaired) electrons. The van der Waals surface area contributed by atoms with Crippen LogP contribution in [0.3, 0.4) is 0 Å². The van der Waals surface area contributed by atoms with Crippen molar-refractivity contribution in [3.8, 4) is 44.8 Å². The highest BCUT2D eigenvalue weighted by molar-refractivity contribution is 6.33. The summed E-state index contributed by atoms with van der Waals surface area (Å²) < 4.78 is 13.4. The molecule has 0 N–H and O–H groups in total. The van der Waals surface area contributed by atoms with Crippen molar-refractivity contribution in [1.82, 2.24) is 4.98 Å². The molecule has 8 aromatic carbocycles. The van der Waals surface area contributed by atoms with Crippen LogP contribution in [0.1, 0.15) is 12.5 Å². The number of aryl methyl sites for hydroxylation is 1. The smallest absolute Gasteiger partial charge is 0.162 e. The molecular formula is C49H31NO2. The fourth-order valence-corrected chi connectivity index (χ4v) is 8.43. The molecule has 0 amide bonds. The van der Waals surface area contributed by atoms with Gasteiger partial charge in [0.15, 0.2) is 5.58 Å². The van der Waals surface area contributed by atoms with E-state index in [2.05, 4.69) is 165 Å². The van der Waals surface area contributed by atoms with Gasteiger partial charge in [0.1, 0.15) is 22.4 Å². The van der Waals surface area contributed by atoms with Crippen molar-refractivity contribution >= 4 is 65.4 Å². The first-order valence-electron chi connectivity index (χ1n) is 17.9. The summed E-state index contributed by atoms with van der Waals surface area (Å²) in [5.74, 6) is 0. The van der Waals surface area contributed by atoms with Crippen molar-refractivity contribution in [3.63, 3.8) is 0 Å². The van der Waals surface area contributed by atoms with Crippen molar-refractivity contribution in [1.29, 1.82) is 0 Å². The van der Waals surface area contributed by atoms with Crippen molar-refractivity contribution in [2.75, 3.05) is 0 Å². The van der Waals surface area contributed by atoms with Gasteiger partial charge in [-0.25, -0.2) is 4.98 Å². The van der Waals surface area contributed by atoms with Crippen LogP contribution in [0.4, 0.5) is 0 Å². The van der Waals surface area contributed by atoms with E-state index in [1.165, 1.54) is 54.6 Å². The standard InChI is InChI=1S/C49H31NO2/c1-2-35-44-40-25-32(29-13-6-3-7-14-29)22-24-41(40)52-49(44)48(50-47(35)31-17-10-5-11-18-31)33-21-23-36-38(26-33)37-19-12-20-42-45(37)46-39(36)27-34(28-43(46)51-42)30-15-8-4-9-16-30/h3-28H,2H2,1H3. The van der Waals surface area contributed by atoms with E-state index in [9.17, 15) is 0 Å². The Bertz CT molecular complexity index is 3140. The van der Waals surface area contributed by atoms with E-state index in [0.29, 0.717) is 0 Å². The van der Waals surface area contributed by atoms with Crippen LogP contribution in [0, 0.1) is 0 Å². The Morgan fingerprint density at radius 3 is 1.79 bits per heavy atom. The highest BCUT2D eigenvalue weighted by atomic mass is 16.3. The summed E-state index contributed by atoms with van der Waals surface area (Å²) in [4.78, 5) is 5.50. The van der Waals surface area contributed by atoms with Crippen molar-refractivity contribution in [2.45, 2.75) is 13.3 Å². The zero-order valence-corrected chi connectivity index (χ0v) is 28.5. The molecule has 0 aliphatic rings. The maximum absolute atomic E-state index is 6.84. The Balaban J connectivity index is 1.23. The lowest BCUT2D eigenvalue weighted by Crippen LogP contribution is -1.97. The number of hydrogen-bond donors (Lipinski definition) is 0. The molecule has 11 rings (SSSR count).